The van der Waals surface area contributed by atoms with Gasteiger partial charge in [-0.05, 0) is 17.7 Å². The fourth-order valence-corrected chi connectivity index (χ4v) is 0.892. The molecule has 0 aliphatic heterocycles. The van der Waals surface area contributed by atoms with Gasteiger partial charge in [0.05, 0.1) is 0 Å². The third-order valence-electron chi connectivity index (χ3n) is 1.51. The van der Waals surface area contributed by atoms with Gasteiger partial charge in [0, 0.05) is 0 Å². The molecule has 0 aliphatic carbocycles. The van der Waals surface area contributed by atoms with E-state index in [-0.39, 0.29) is 11.5 Å². The molecule has 7 heteroatoms. The monoisotopic (exact) mass is 225 g/mol. The Hall–Kier alpha value is -1.40. The molecule has 0 aliphatic rings. The summed E-state index contributed by atoms with van der Waals surface area (Å²) in [6, 6.07) is 0.966. The number of hydrogen-bond acceptors (Lipinski definition) is 0. The Morgan fingerprint density at radius 2 is 1.40 bits per heavy atom. The van der Waals surface area contributed by atoms with Crippen molar-refractivity contribution in [1.82, 2.24) is 0 Å². The second-order valence-corrected chi connectivity index (χ2v) is 2.78. The van der Waals surface area contributed by atoms with Crippen LogP contribution in [0.5, 0.6) is 0 Å². The maximum atomic E-state index is 12.5. The van der Waals surface area contributed by atoms with Crippen molar-refractivity contribution in [3.63, 3.8) is 0 Å². The maximum absolute atomic E-state index is 12.5. The molecule has 0 N–H and O–H groups in total. The van der Waals surface area contributed by atoms with E-state index in [1.54, 1.807) is 0 Å². The Bertz CT molecular complexity index is 372. The summed E-state index contributed by atoms with van der Waals surface area (Å²) in [5.74, 6) is -4.88. The minimum Gasteiger partial charge on any atom is -0.445 e. The lowest BCUT2D eigenvalue weighted by atomic mass is 9.90. The van der Waals surface area contributed by atoms with Gasteiger partial charge in [0.2, 0.25) is 0 Å². The van der Waals surface area contributed by atoms with E-state index in [0.717, 1.165) is 0 Å². The Balaban J connectivity index is 3.03. The normalized spacial score (nSPS) is 12.4. The van der Waals surface area contributed by atoms with Crippen LogP contribution in [0, 0.1) is 17.5 Å². The third kappa shape index (κ3) is 3.34. The summed E-state index contributed by atoms with van der Waals surface area (Å²) >= 11 is 0. The van der Waals surface area contributed by atoms with Crippen molar-refractivity contribution in [3.8, 4) is 0 Å². The Labute approximate surface area is 81.3 Å². The van der Waals surface area contributed by atoms with E-state index in [4.69, 9.17) is 0 Å². The van der Waals surface area contributed by atoms with Gasteiger partial charge in [-0.2, -0.15) is 0 Å². The van der Waals surface area contributed by atoms with E-state index in [9.17, 15) is 26.1 Å². The molecule has 0 spiro atoms. The second-order valence-electron chi connectivity index (χ2n) is 2.78. The van der Waals surface area contributed by atoms with Crippen LogP contribution < -0.4 is 0 Å². The number of halogens is 6. The largest absolute Gasteiger partial charge is 0.502 e. The van der Waals surface area contributed by atoms with Crippen molar-refractivity contribution in [2.75, 3.05) is 0 Å². The van der Waals surface area contributed by atoms with Gasteiger partial charge in [-0.1, -0.05) is 6.08 Å². The first-order valence-electron chi connectivity index (χ1n) is 3.83. The molecule has 0 aromatic heterocycles. The number of hydrogen-bond donors (Lipinski definition) is 0. The first-order valence-corrected chi connectivity index (χ1v) is 3.83. The zero-order valence-corrected chi connectivity index (χ0v) is 7.15. The van der Waals surface area contributed by atoms with Crippen LogP contribution in [0.1, 0.15) is 5.56 Å². The Kier molecular flexibility index (Phi) is 3.11. The minimum absolute atomic E-state index is 0.133. The molecule has 1 aromatic rings. The molecule has 0 fully saturated rings. The second kappa shape index (κ2) is 4.00. The molecule has 82 valence electrons. The van der Waals surface area contributed by atoms with Crippen LogP contribution >= 0.6 is 0 Å². The molecule has 0 saturated heterocycles. The molecule has 0 unspecified atom stereocenters. The number of benzene rings is 1. The smallest absolute Gasteiger partial charge is 0.445 e. The highest BCUT2D eigenvalue weighted by Crippen LogP contribution is 2.17. The van der Waals surface area contributed by atoms with Crippen LogP contribution in [0.15, 0.2) is 18.1 Å². The first kappa shape index (κ1) is 11.7. The van der Waals surface area contributed by atoms with E-state index in [1.165, 1.54) is 0 Å². The topological polar surface area (TPSA) is 0 Å². The summed E-state index contributed by atoms with van der Waals surface area (Å²) in [6.45, 7) is -5.18. The average molecular weight is 225 g/mol. The highest BCUT2D eigenvalue weighted by Gasteiger charge is 2.17. The molecule has 15 heavy (non-hydrogen) atoms. The SMILES string of the molecule is Fc1cc(/C=C/[B-](F)(F)F)cc(F)c1F. The van der Waals surface area contributed by atoms with Crippen molar-refractivity contribution in [3.05, 3.63) is 41.1 Å². The molecule has 1 rings (SSSR count). The predicted molar refractivity (Wildman–Crippen MR) is 44.4 cm³/mol. The molecule has 0 heterocycles. The first-order chi connectivity index (χ1) is 6.79. The maximum Gasteiger partial charge on any atom is 0.502 e. The molecule has 0 nitrogen and oxygen atoms in total. The van der Waals surface area contributed by atoms with Crippen molar-refractivity contribution in [2.45, 2.75) is 0 Å². The average Bonchev–Trinajstić information content (AvgIpc) is 2.09. The summed E-state index contributed by atoms with van der Waals surface area (Å²) in [7, 11) is 0. The summed E-state index contributed by atoms with van der Waals surface area (Å²) in [4.78, 5) is 0. The van der Waals surface area contributed by atoms with E-state index in [2.05, 4.69) is 0 Å². The van der Waals surface area contributed by atoms with Gasteiger partial charge < -0.3 is 12.9 Å². The van der Waals surface area contributed by atoms with E-state index in [1.807, 2.05) is 0 Å². The van der Waals surface area contributed by atoms with Gasteiger partial charge in [0.25, 0.3) is 0 Å². The van der Waals surface area contributed by atoms with Crippen LogP contribution in [0.25, 0.3) is 6.08 Å². The molecule has 1 aromatic carbocycles. The van der Waals surface area contributed by atoms with Gasteiger partial charge in [0.1, 0.15) is 0 Å². The molecule has 0 amide bonds. The van der Waals surface area contributed by atoms with Crippen molar-refractivity contribution in [1.29, 1.82) is 0 Å². The lowest BCUT2D eigenvalue weighted by Gasteiger charge is -2.06. The molecule has 0 saturated carbocycles. The van der Waals surface area contributed by atoms with Crippen molar-refractivity contribution >= 4 is 13.1 Å². The van der Waals surface area contributed by atoms with E-state index in [0.29, 0.717) is 18.2 Å². The summed E-state index contributed by atoms with van der Waals surface area (Å²) in [6.07, 6.45) is 0.478. The molecular weight excluding hydrogens is 221 g/mol. The lowest BCUT2D eigenvalue weighted by molar-refractivity contribution is 0.447. The molecule has 0 radical (unpaired) electrons. The fourth-order valence-electron chi connectivity index (χ4n) is 0.892. The van der Waals surface area contributed by atoms with Gasteiger partial charge in [-0.25, -0.2) is 13.2 Å². The van der Waals surface area contributed by atoms with E-state index < -0.39 is 24.4 Å². The van der Waals surface area contributed by atoms with Crippen molar-refractivity contribution < 1.29 is 26.1 Å². The summed E-state index contributed by atoms with van der Waals surface area (Å²) < 4.78 is 72.7. The lowest BCUT2D eigenvalue weighted by Crippen LogP contribution is -2.09. The van der Waals surface area contributed by atoms with Crippen molar-refractivity contribution in [2.24, 2.45) is 0 Å². The Morgan fingerprint density at radius 1 is 0.933 bits per heavy atom. The quantitative estimate of drug-likeness (QED) is 0.410. The third-order valence-corrected chi connectivity index (χ3v) is 1.51. The van der Waals surface area contributed by atoms with Crippen LogP contribution in [0.3, 0.4) is 0 Å². The van der Waals surface area contributed by atoms with Gasteiger partial charge >= 0.3 is 6.98 Å². The zero-order valence-electron chi connectivity index (χ0n) is 7.15. The van der Waals surface area contributed by atoms with Crippen LogP contribution in [-0.2, 0) is 0 Å². The fraction of sp³-hybridized carbons (Fsp3) is 0. The predicted octanol–water partition coefficient (Wildman–Crippen LogP) is 3.50. The molecular formula is C8H4BF6-. The minimum atomic E-state index is -5.18. The molecule has 0 atom stereocenters. The van der Waals surface area contributed by atoms with Gasteiger partial charge in [-0.3, -0.25) is 0 Å². The van der Waals surface area contributed by atoms with Gasteiger partial charge in [-0.15, -0.1) is 5.98 Å². The summed E-state index contributed by atoms with van der Waals surface area (Å²) in [5.41, 5.74) is -0.384. The standard InChI is InChI=1S/C8H4BF6/c10-6-3-5(1-2-9(13,14)15)4-7(11)8(6)12/h1-4H/q-1/b2-1+. The van der Waals surface area contributed by atoms with Crippen LogP contribution in [0.4, 0.5) is 26.1 Å². The molecule has 0 bridgehead atoms. The highest BCUT2D eigenvalue weighted by atomic mass is 19.4. The Morgan fingerprint density at radius 3 is 1.80 bits per heavy atom. The summed E-state index contributed by atoms with van der Waals surface area (Å²) in [5, 5.41) is 0. The van der Waals surface area contributed by atoms with Gasteiger partial charge in [0.15, 0.2) is 17.5 Å². The zero-order chi connectivity index (χ0) is 11.6. The van der Waals surface area contributed by atoms with E-state index >= 15 is 0 Å². The highest BCUT2D eigenvalue weighted by molar-refractivity contribution is 6.64. The van der Waals surface area contributed by atoms with Crippen LogP contribution in [0.2, 0.25) is 0 Å². The number of rotatable bonds is 2. The van der Waals surface area contributed by atoms with Crippen LogP contribution in [-0.4, -0.2) is 6.98 Å².